The molecule has 3 heterocycles. The van der Waals surface area contributed by atoms with Crippen LogP contribution in [0.5, 0.6) is 11.5 Å². The van der Waals surface area contributed by atoms with Gasteiger partial charge in [-0.3, -0.25) is 4.79 Å². The molecule has 2 bridgehead atoms. The predicted molar refractivity (Wildman–Crippen MR) is 178 cm³/mol. The second kappa shape index (κ2) is 14.1. The molecule has 1 saturated heterocycles. The number of carbonyl (C=O) groups excluding carboxylic acids is 2. The molecular formula is C34H42ClN3O9S. The molecule has 4 aliphatic rings. The van der Waals surface area contributed by atoms with E-state index in [4.69, 9.17) is 35.3 Å². The average Bonchev–Trinajstić information content (AvgIpc) is 3.02. The quantitative estimate of drug-likeness (QED) is 0.445. The van der Waals surface area contributed by atoms with Crippen molar-refractivity contribution < 1.29 is 41.7 Å². The van der Waals surface area contributed by atoms with Gasteiger partial charge in [-0.1, -0.05) is 23.7 Å². The van der Waals surface area contributed by atoms with Gasteiger partial charge in [-0.15, -0.1) is 0 Å². The molecule has 48 heavy (non-hydrogen) atoms. The number of carbonyl (C=O) groups is 2. The molecule has 0 spiro atoms. The standard InChI is InChI=1S/C34H42ClN3O9S/c1-34(2)32(39)36-48(41,42)26-10-12-30-28(17-26)38(13-5-14-44-31-16-24(35)9-7-23(31)19-45-30)18-22-8-11-27(22)29(6-4-15-46-34)47-33(40)37(3)25-20-43-21-25/h4,6-7,9-10,12,16-17,22,25,27,29H,5,8,11,13-15,18-21H2,1-3H3,(H,36,39)/b6-4+/t22-,27+,29-/m0/s1. The van der Waals surface area contributed by atoms with Crippen LogP contribution in [0.1, 0.15) is 38.7 Å². The van der Waals surface area contributed by atoms with Crippen molar-refractivity contribution in [1.29, 1.82) is 0 Å². The average molecular weight is 704 g/mol. The van der Waals surface area contributed by atoms with Crippen molar-refractivity contribution in [2.45, 2.75) is 62.4 Å². The van der Waals surface area contributed by atoms with E-state index in [0.29, 0.717) is 61.5 Å². The molecule has 1 aliphatic carbocycles. The number of nitrogens with zero attached hydrogens (tertiary/aromatic N) is 2. The van der Waals surface area contributed by atoms with Crippen LogP contribution in [0, 0.1) is 11.8 Å². The van der Waals surface area contributed by atoms with Crippen molar-refractivity contribution in [3.63, 3.8) is 0 Å². The third-order valence-electron chi connectivity index (χ3n) is 9.51. The summed E-state index contributed by atoms with van der Waals surface area (Å²) < 4.78 is 58.9. The third-order valence-corrected chi connectivity index (χ3v) is 11.1. The minimum Gasteiger partial charge on any atom is -0.493 e. The number of sulfonamides is 1. The van der Waals surface area contributed by atoms with Crippen molar-refractivity contribution in [3.8, 4) is 11.5 Å². The van der Waals surface area contributed by atoms with Crippen molar-refractivity contribution in [1.82, 2.24) is 9.62 Å². The normalized spacial score (nSPS) is 26.3. The number of nitrogens with one attached hydrogen (secondary N) is 1. The number of hydrogen-bond acceptors (Lipinski definition) is 10. The van der Waals surface area contributed by atoms with Crippen LogP contribution in [0.2, 0.25) is 5.02 Å². The Kier molecular flexibility index (Phi) is 10.1. The molecule has 1 saturated carbocycles. The second-order valence-electron chi connectivity index (χ2n) is 13.2. The van der Waals surface area contributed by atoms with Crippen LogP contribution in [0.25, 0.3) is 0 Å². The van der Waals surface area contributed by atoms with E-state index in [1.807, 2.05) is 12.1 Å². The number of benzene rings is 2. The minimum absolute atomic E-state index is 0.00225. The molecule has 3 atom stereocenters. The summed E-state index contributed by atoms with van der Waals surface area (Å²) in [6.07, 6.45) is 4.91. The number of hydrogen-bond donors (Lipinski definition) is 1. The number of anilines is 1. The SMILES string of the molecule is CN(C(=O)O[C@H]1/C=C/COC(C)(C)C(=O)NS(=O)(=O)c2ccc3c(c2)N(CCCOc2cc(Cl)ccc2CO3)C[C@@H]2CC[C@H]21)C1COC1. The Morgan fingerprint density at radius 3 is 2.65 bits per heavy atom. The Labute approximate surface area is 286 Å². The van der Waals surface area contributed by atoms with Crippen LogP contribution in [0.15, 0.2) is 53.4 Å². The van der Waals surface area contributed by atoms with Gasteiger partial charge in [-0.25, -0.2) is 17.9 Å². The van der Waals surface area contributed by atoms with Crippen LogP contribution in [0.4, 0.5) is 10.5 Å². The van der Waals surface area contributed by atoms with Crippen LogP contribution in [-0.4, -0.2) is 89.6 Å². The maximum atomic E-state index is 13.6. The monoisotopic (exact) mass is 703 g/mol. The summed E-state index contributed by atoms with van der Waals surface area (Å²) in [7, 11) is -2.55. The Morgan fingerprint density at radius 2 is 1.92 bits per heavy atom. The summed E-state index contributed by atoms with van der Waals surface area (Å²) in [6.45, 7) is 5.59. The van der Waals surface area contributed by atoms with Gasteiger partial charge < -0.3 is 33.5 Å². The van der Waals surface area contributed by atoms with Crippen molar-refractivity contribution in [2.75, 3.05) is 51.5 Å². The smallest absolute Gasteiger partial charge is 0.410 e. The summed E-state index contributed by atoms with van der Waals surface area (Å²) >= 11 is 6.26. The molecular weight excluding hydrogens is 662 g/mol. The highest BCUT2D eigenvalue weighted by molar-refractivity contribution is 7.90. The lowest BCUT2D eigenvalue weighted by Gasteiger charge is -2.44. The van der Waals surface area contributed by atoms with Crippen LogP contribution >= 0.6 is 11.6 Å². The largest absolute Gasteiger partial charge is 0.493 e. The van der Waals surface area contributed by atoms with Crippen molar-refractivity contribution >= 4 is 39.3 Å². The van der Waals surface area contributed by atoms with Gasteiger partial charge in [0, 0.05) is 36.6 Å². The molecule has 0 unspecified atom stereocenters. The van der Waals surface area contributed by atoms with Gasteiger partial charge in [0.1, 0.15) is 29.8 Å². The Morgan fingerprint density at radius 1 is 1.10 bits per heavy atom. The van der Waals surface area contributed by atoms with Gasteiger partial charge >= 0.3 is 6.09 Å². The third kappa shape index (κ3) is 7.54. The maximum absolute atomic E-state index is 13.6. The fourth-order valence-corrected chi connectivity index (χ4v) is 7.42. The molecule has 3 aliphatic heterocycles. The molecule has 2 fully saturated rings. The number of fused-ring (bicyclic) bond motifs is 3. The lowest BCUT2D eigenvalue weighted by molar-refractivity contribution is -0.139. The van der Waals surface area contributed by atoms with Gasteiger partial charge in [0.2, 0.25) is 0 Å². The van der Waals surface area contributed by atoms with E-state index in [0.717, 1.165) is 18.4 Å². The fourth-order valence-electron chi connectivity index (χ4n) is 6.14. The molecule has 6 rings (SSSR count). The topological polar surface area (TPSA) is 133 Å². The van der Waals surface area contributed by atoms with Gasteiger partial charge in [-0.2, -0.15) is 0 Å². The molecule has 2 aromatic carbocycles. The number of halogens is 1. The van der Waals surface area contributed by atoms with Gasteiger partial charge in [-0.05, 0) is 75.4 Å². The zero-order valence-corrected chi connectivity index (χ0v) is 28.9. The zero-order valence-electron chi connectivity index (χ0n) is 27.4. The Balaban J connectivity index is 1.36. The molecule has 2 aromatic rings. The van der Waals surface area contributed by atoms with Gasteiger partial charge in [0.25, 0.3) is 15.9 Å². The van der Waals surface area contributed by atoms with Gasteiger partial charge in [0.15, 0.2) is 0 Å². The van der Waals surface area contributed by atoms with E-state index in [9.17, 15) is 18.0 Å². The summed E-state index contributed by atoms with van der Waals surface area (Å²) in [5.41, 5.74) is -0.105. The van der Waals surface area contributed by atoms with Crippen LogP contribution in [-0.2, 0) is 35.6 Å². The number of amides is 2. The van der Waals surface area contributed by atoms with E-state index in [-0.39, 0.29) is 36.0 Å². The fraction of sp³-hybridized carbons (Fsp3) is 0.529. The van der Waals surface area contributed by atoms with Gasteiger partial charge in [0.05, 0.1) is 43.1 Å². The molecule has 12 nitrogen and oxygen atoms in total. The Bertz CT molecular complexity index is 1660. The van der Waals surface area contributed by atoms with Crippen LogP contribution < -0.4 is 19.1 Å². The second-order valence-corrected chi connectivity index (χ2v) is 15.3. The lowest BCUT2D eigenvalue weighted by Crippen LogP contribution is -2.51. The summed E-state index contributed by atoms with van der Waals surface area (Å²) in [5, 5.41) is 0.549. The summed E-state index contributed by atoms with van der Waals surface area (Å²) in [6, 6.07) is 9.94. The van der Waals surface area contributed by atoms with E-state index in [1.54, 1.807) is 42.3 Å². The highest BCUT2D eigenvalue weighted by atomic mass is 35.5. The molecule has 260 valence electrons. The first kappa shape index (κ1) is 34.3. The number of rotatable bonds is 2. The molecule has 0 aromatic heterocycles. The summed E-state index contributed by atoms with van der Waals surface area (Å²) in [4.78, 5) is 30.0. The zero-order chi connectivity index (χ0) is 34.1. The first-order chi connectivity index (χ1) is 22.9. The number of likely N-dealkylation sites (N-methyl/N-ethyl adjacent to an activating group) is 1. The number of ether oxygens (including phenoxy) is 5. The van der Waals surface area contributed by atoms with Crippen molar-refractivity contribution in [3.05, 3.63) is 59.1 Å². The first-order valence-electron chi connectivity index (χ1n) is 16.2. The van der Waals surface area contributed by atoms with E-state index in [2.05, 4.69) is 9.62 Å². The van der Waals surface area contributed by atoms with E-state index < -0.39 is 33.7 Å². The predicted octanol–water partition coefficient (Wildman–Crippen LogP) is 4.54. The van der Waals surface area contributed by atoms with E-state index >= 15 is 0 Å². The molecule has 1 N–H and O–H groups in total. The summed E-state index contributed by atoms with van der Waals surface area (Å²) in [5.74, 6) is 0.411. The molecule has 0 radical (unpaired) electrons. The van der Waals surface area contributed by atoms with Crippen molar-refractivity contribution in [2.24, 2.45) is 11.8 Å². The highest BCUT2D eigenvalue weighted by Gasteiger charge is 2.41. The highest BCUT2D eigenvalue weighted by Crippen LogP contribution is 2.42. The first-order valence-corrected chi connectivity index (χ1v) is 18.1. The lowest BCUT2D eigenvalue weighted by atomic mass is 9.70. The molecule has 14 heteroatoms. The molecule has 2 amide bonds. The minimum atomic E-state index is -4.26. The maximum Gasteiger partial charge on any atom is 0.410 e. The van der Waals surface area contributed by atoms with Crippen LogP contribution in [0.3, 0.4) is 0 Å². The Hall–Kier alpha value is -3.52. The van der Waals surface area contributed by atoms with E-state index in [1.165, 1.54) is 19.9 Å².